The molecule has 0 heterocycles. The molecule has 38 valence electrons. The second-order valence-electron chi connectivity index (χ2n) is 1.76. The number of hydrogen-bond acceptors (Lipinski definition) is 1. The molecule has 0 aromatic carbocycles. The Morgan fingerprint density at radius 3 is 2.57 bits per heavy atom. The van der Waals surface area contributed by atoms with Crippen LogP contribution in [0.25, 0.3) is 0 Å². The van der Waals surface area contributed by atoms with Crippen molar-refractivity contribution in [3.8, 4) is 0 Å². The van der Waals surface area contributed by atoms with E-state index in [0.29, 0.717) is 5.25 Å². The number of thiol groups is 1. The summed E-state index contributed by atoms with van der Waals surface area (Å²) in [6.07, 6.45) is 6.26. The van der Waals surface area contributed by atoms with Crippen LogP contribution in [-0.4, -0.2) is 5.25 Å². The molecule has 0 spiro atoms. The summed E-state index contributed by atoms with van der Waals surface area (Å²) in [4.78, 5) is 0. The van der Waals surface area contributed by atoms with E-state index < -0.39 is 0 Å². The fourth-order valence-electron chi connectivity index (χ4n) is 0.631. The van der Waals surface area contributed by atoms with Gasteiger partial charge in [-0.2, -0.15) is 12.6 Å². The second-order valence-corrected chi connectivity index (χ2v) is 2.36. The second kappa shape index (κ2) is 1.74. The predicted molar refractivity (Wildman–Crippen MR) is 35.7 cm³/mol. The molecule has 1 unspecified atom stereocenters. The van der Waals surface area contributed by atoms with Gasteiger partial charge in [0, 0.05) is 5.25 Å². The Labute approximate surface area is 49.3 Å². The molecule has 0 radical (unpaired) electrons. The first-order chi connectivity index (χ1) is 3.29. The van der Waals surface area contributed by atoms with Crippen LogP contribution in [0, 0.1) is 0 Å². The van der Waals surface area contributed by atoms with Gasteiger partial charge in [0.2, 0.25) is 0 Å². The Hall–Kier alpha value is -0.170. The summed E-state index contributed by atoms with van der Waals surface area (Å²) in [6, 6.07) is 0. The molecule has 1 aliphatic carbocycles. The van der Waals surface area contributed by atoms with Crippen molar-refractivity contribution in [1.29, 1.82) is 0 Å². The van der Waals surface area contributed by atoms with E-state index in [1.807, 2.05) is 0 Å². The summed E-state index contributed by atoms with van der Waals surface area (Å²) in [5.74, 6) is 0. The Balaban J connectivity index is 2.69. The van der Waals surface area contributed by atoms with Gasteiger partial charge in [-0.3, -0.25) is 0 Å². The summed E-state index contributed by atoms with van der Waals surface area (Å²) in [6.45, 7) is 2.08. The Morgan fingerprint density at radius 1 is 1.71 bits per heavy atom. The molecule has 0 amide bonds. The van der Waals surface area contributed by atoms with Gasteiger partial charge in [-0.05, 0) is 6.92 Å². The first-order valence-corrected chi connectivity index (χ1v) is 2.85. The number of allylic oxidation sites excluding steroid dienone is 2. The summed E-state index contributed by atoms with van der Waals surface area (Å²) >= 11 is 4.19. The third-order valence-corrected chi connectivity index (χ3v) is 1.31. The van der Waals surface area contributed by atoms with Crippen LogP contribution in [-0.2, 0) is 0 Å². The van der Waals surface area contributed by atoms with E-state index in [2.05, 4.69) is 37.8 Å². The van der Waals surface area contributed by atoms with Gasteiger partial charge < -0.3 is 0 Å². The smallest absolute Gasteiger partial charge is 0.0386 e. The minimum atomic E-state index is 0.375. The first-order valence-electron chi connectivity index (χ1n) is 2.34. The van der Waals surface area contributed by atoms with Crippen LogP contribution < -0.4 is 0 Å². The van der Waals surface area contributed by atoms with E-state index in [0.717, 1.165) is 0 Å². The topological polar surface area (TPSA) is 0 Å². The van der Waals surface area contributed by atoms with E-state index >= 15 is 0 Å². The lowest BCUT2D eigenvalue weighted by atomic mass is 10.3. The molecule has 0 nitrogen and oxygen atoms in total. The first kappa shape index (κ1) is 4.98. The van der Waals surface area contributed by atoms with Gasteiger partial charge in [-0.15, -0.1) is 0 Å². The van der Waals surface area contributed by atoms with Crippen LogP contribution in [0.5, 0.6) is 0 Å². The molecule has 1 rings (SSSR count). The SMILES string of the molecule is CC1=CC(S)C=C1. The van der Waals surface area contributed by atoms with Crippen molar-refractivity contribution >= 4 is 12.6 Å². The van der Waals surface area contributed by atoms with Crippen molar-refractivity contribution in [3.05, 3.63) is 23.8 Å². The Kier molecular flexibility index (Phi) is 1.24. The highest BCUT2D eigenvalue weighted by Gasteiger charge is 1.97. The van der Waals surface area contributed by atoms with Crippen molar-refractivity contribution in [2.24, 2.45) is 0 Å². The quantitative estimate of drug-likeness (QED) is 0.454. The predicted octanol–water partition coefficient (Wildman–Crippen LogP) is 1.80. The molecule has 1 aliphatic rings. The average molecular weight is 112 g/mol. The molecule has 7 heavy (non-hydrogen) atoms. The highest BCUT2D eigenvalue weighted by molar-refractivity contribution is 7.81. The molecule has 0 aromatic rings. The average Bonchev–Trinajstić information content (AvgIpc) is 1.87. The molecule has 0 aromatic heterocycles. The van der Waals surface area contributed by atoms with Gasteiger partial charge in [0.1, 0.15) is 0 Å². The lowest BCUT2D eigenvalue weighted by Crippen LogP contribution is -1.77. The highest BCUT2D eigenvalue weighted by Crippen LogP contribution is 2.12. The fourth-order valence-corrected chi connectivity index (χ4v) is 0.952. The third-order valence-electron chi connectivity index (χ3n) is 0.990. The van der Waals surface area contributed by atoms with E-state index in [9.17, 15) is 0 Å². The zero-order valence-corrected chi connectivity index (χ0v) is 5.15. The lowest BCUT2D eigenvalue weighted by Gasteiger charge is -1.85. The van der Waals surface area contributed by atoms with E-state index in [4.69, 9.17) is 0 Å². The van der Waals surface area contributed by atoms with Gasteiger partial charge >= 0.3 is 0 Å². The monoisotopic (exact) mass is 112 g/mol. The van der Waals surface area contributed by atoms with E-state index in [-0.39, 0.29) is 0 Å². The summed E-state index contributed by atoms with van der Waals surface area (Å²) in [5.41, 5.74) is 1.32. The highest BCUT2D eigenvalue weighted by atomic mass is 32.1. The zero-order valence-electron chi connectivity index (χ0n) is 4.26. The number of rotatable bonds is 0. The van der Waals surface area contributed by atoms with Gasteiger partial charge in [0.05, 0.1) is 0 Å². The van der Waals surface area contributed by atoms with Crippen LogP contribution >= 0.6 is 12.6 Å². The molecular formula is C6H8S. The molecule has 0 saturated carbocycles. The van der Waals surface area contributed by atoms with E-state index in [1.54, 1.807) is 0 Å². The van der Waals surface area contributed by atoms with Crippen molar-refractivity contribution in [1.82, 2.24) is 0 Å². The van der Waals surface area contributed by atoms with Crippen molar-refractivity contribution in [3.63, 3.8) is 0 Å². The molecular weight excluding hydrogens is 104 g/mol. The van der Waals surface area contributed by atoms with Crippen LogP contribution in [0.15, 0.2) is 23.8 Å². The maximum absolute atomic E-state index is 4.19. The molecule has 0 saturated heterocycles. The van der Waals surface area contributed by atoms with Gasteiger partial charge in [0.15, 0.2) is 0 Å². The van der Waals surface area contributed by atoms with Crippen LogP contribution in [0.2, 0.25) is 0 Å². The molecule has 0 bridgehead atoms. The summed E-state index contributed by atoms with van der Waals surface area (Å²) < 4.78 is 0. The maximum Gasteiger partial charge on any atom is 0.0386 e. The van der Waals surface area contributed by atoms with Crippen molar-refractivity contribution < 1.29 is 0 Å². The molecule has 0 N–H and O–H groups in total. The van der Waals surface area contributed by atoms with Gasteiger partial charge in [0.25, 0.3) is 0 Å². The number of hydrogen-bond donors (Lipinski definition) is 1. The molecule has 0 aliphatic heterocycles. The van der Waals surface area contributed by atoms with Crippen LogP contribution in [0.4, 0.5) is 0 Å². The van der Waals surface area contributed by atoms with Gasteiger partial charge in [-0.25, -0.2) is 0 Å². The third kappa shape index (κ3) is 1.10. The minimum Gasteiger partial charge on any atom is -0.167 e. The zero-order chi connectivity index (χ0) is 5.28. The van der Waals surface area contributed by atoms with Crippen molar-refractivity contribution in [2.45, 2.75) is 12.2 Å². The molecule has 1 heteroatoms. The minimum absolute atomic E-state index is 0.375. The van der Waals surface area contributed by atoms with Gasteiger partial charge in [-0.1, -0.05) is 23.8 Å². The largest absolute Gasteiger partial charge is 0.167 e. The lowest BCUT2D eigenvalue weighted by molar-refractivity contribution is 1.46. The fraction of sp³-hybridized carbons (Fsp3) is 0.333. The standard InChI is InChI=1S/C6H8S/c1-5-2-3-6(7)4-5/h2-4,6-7H,1H3. The normalized spacial score (nSPS) is 28.3. The van der Waals surface area contributed by atoms with E-state index in [1.165, 1.54) is 5.57 Å². The van der Waals surface area contributed by atoms with Crippen LogP contribution in [0.3, 0.4) is 0 Å². The Bertz CT molecular complexity index is 122. The summed E-state index contributed by atoms with van der Waals surface area (Å²) in [7, 11) is 0. The Morgan fingerprint density at radius 2 is 2.43 bits per heavy atom. The molecule has 1 atom stereocenters. The van der Waals surface area contributed by atoms with Crippen molar-refractivity contribution in [2.75, 3.05) is 0 Å². The van der Waals surface area contributed by atoms with Crippen LogP contribution in [0.1, 0.15) is 6.92 Å². The maximum atomic E-state index is 4.19. The summed E-state index contributed by atoms with van der Waals surface area (Å²) in [5, 5.41) is 0.375. The molecule has 0 fully saturated rings.